The van der Waals surface area contributed by atoms with E-state index in [4.69, 9.17) is 5.11 Å². The largest absolute Gasteiger partial charge is 0.480 e. The van der Waals surface area contributed by atoms with Gasteiger partial charge in [-0.3, -0.25) is 4.79 Å². The third-order valence-electron chi connectivity index (χ3n) is 3.01. The maximum absolute atomic E-state index is 11.8. The zero-order valence-electron chi connectivity index (χ0n) is 8.88. The summed E-state index contributed by atoms with van der Waals surface area (Å²) >= 11 is 0. The molecule has 2 aromatic rings. The Morgan fingerprint density at radius 2 is 2.18 bits per heavy atom. The summed E-state index contributed by atoms with van der Waals surface area (Å²) in [6.45, 7) is 0.268. The molecular weight excluding hydrogens is 220 g/mol. The Morgan fingerprint density at radius 3 is 2.94 bits per heavy atom. The van der Waals surface area contributed by atoms with Crippen LogP contribution in [0.4, 0.5) is 0 Å². The quantitative estimate of drug-likeness (QED) is 0.762. The monoisotopic (exact) mass is 230 g/mol. The molecule has 5 nitrogen and oxygen atoms in total. The highest BCUT2D eigenvalue weighted by atomic mass is 16.4. The van der Waals surface area contributed by atoms with Crippen LogP contribution in [0.3, 0.4) is 0 Å². The minimum atomic E-state index is -1.01. The molecule has 3 rings (SSSR count). The second-order valence-corrected chi connectivity index (χ2v) is 4.06. The minimum Gasteiger partial charge on any atom is -0.480 e. The number of nitrogens with zero attached hydrogens (tertiary/aromatic N) is 1. The molecule has 0 fully saturated rings. The van der Waals surface area contributed by atoms with Crippen LogP contribution >= 0.6 is 0 Å². The molecule has 1 atom stereocenters. The smallest absolute Gasteiger partial charge is 0.328 e. The fraction of sp³-hybridized carbons (Fsp3) is 0.167. The van der Waals surface area contributed by atoms with Gasteiger partial charge in [-0.15, -0.1) is 0 Å². The third kappa shape index (κ3) is 1.39. The standard InChI is InChI=1S/C12H10N2O3/c15-11-10-5-7-3-1-2-4-9(7)14(10)6-8(13-11)12(16)17/h1-5,8H,6H2,(H,13,15)(H,16,17)/t8-/m0/s1. The molecule has 0 bridgehead atoms. The summed E-state index contributed by atoms with van der Waals surface area (Å²) in [5, 5.41) is 12.4. The Labute approximate surface area is 96.7 Å². The van der Waals surface area contributed by atoms with E-state index in [1.807, 2.05) is 24.3 Å². The molecule has 1 aliphatic heterocycles. The summed E-state index contributed by atoms with van der Waals surface area (Å²) in [6, 6.07) is 8.48. The van der Waals surface area contributed by atoms with Crippen molar-refractivity contribution >= 4 is 22.8 Å². The average molecular weight is 230 g/mol. The zero-order valence-corrected chi connectivity index (χ0v) is 8.88. The first-order valence-electron chi connectivity index (χ1n) is 5.29. The van der Waals surface area contributed by atoms with Crippen LogP contribution in [0.2, 0.25) is 0 Å². The molecule has 1 aromatic carbocycles. The lowest BCUT2D eigenvalue weighted by atomic mass is 10.2. The first-order valence-corrected chi connectivity index (χ1v) is 5.29. The van der Waals surface area contributed by atoms with Crippen molar-refractivity contribution in [2.24, 2.45) is 0 Å². The van der Waals surface area contributed by atoms with Gasteiger partial charge in [-0.25, -0.2) is 4.79 Å². The lowest BCUT2D eigenvalue weighted by Crippen LogP contribution is -2.48. The summed E-state index contributed by atoms with van der Waals surface area (Å²) in [5.74, 6) is -1.35. The van der Waals surface area contributed by atoms with Gasteiger partial charge in [-0.05, 0) is 12.1 Å². The van der Waals surface area contributed by atoms with Crippen molar-refractivity contribution in [1.29, 1.82) is 0 Å². The van der Waals surface area contributed by atoms with Crippen LogP contribution in [0.5, 0.6) is 0 Å². The second-order valence-electron chi connectivity index (χ2n) is 4.06. The van der Waals surface area contributed by atoms with E-state index in [1.54, 1.807) is 10.6 Å². The van der Waals surface area contributed by atoms with Crippen molar-refractivity contribution in [3.8, 4) is 0 Å². The average Bonchev–Trinajstić information content (AvgIpc) is 2.68. The van der Waals surface area contributed by atoms with Gasteiger partial charge in [-0.1, -0.05) is 18.2 Å². The van der Waals surface area contributed by atoms with Crippen molar-refractivity contribution < 1.29 is 14.7 Å². The number of nitrogens with one attached hydrogen (secondary N) is 1. The van der Waals surface area contributed by atoms with Gasteiger partial charge in [0.25, 0.3) is 5.91 Å². The molecule has 0 saturated heterocycles. The van der Waals surface area contributed by atoms with Gasteiger partial charge in [0, 0.05) is 10.9 Å². The second kappa shape index (κ2) is 3.35. The number of amides is 1. The molecule has 86 valence electrons. The molecule has 17 heavy (non-hydrogen) atoms. The molecule has 0 radical (unpaired) electrons. The number of aromatic nitrogens is 1. The molecule has 1 amide bonds. The number of carbonyl (C=O) groups is 2. The van der Waals surface area contributed by atoms with E-state index in [0.717, 1.165) is 10.9 Å². The summed E-state index contributed by atoms with van der Waals surface area (Å²) in [6.07, 6.45) is 0. The van der Waals surface area contributed by atoms with Crippen LogP contribution < -0.4 is 5.32 Å². The molecule has 1 aliphatic rings. The molecular formula is C12H10N2O3. The number of para-hydroxylation sites is 1. The predicted octanol–water partition coefficient (Wildman–Crippen LogP) is 0.838. The molecule has 2 N–H and O–H groups in total. The normalized spacial score (nSPS) is 18.8. The number of hydrogen-bond acceptors (Lipinski definition) is 2. The topological polar surface area (TPSA) is 71.3 Å². The van der Waals surface area contributed by atoms with Crippen LogP contribution in [0.1, 0.15) is 10.5 Å². The lowest BCUT2D eigenvalue weighted by Gasteiger charge is -2.23. The van der Waals surface area contributed by atoms with Crippen molar-refractivity contribution in [3.63, 3.8) is 0 Å². The summed E-state index contributed by atoms with van der Waals surface area (Å²) < 4.78 is 1.76. The number of carbonyl (C=O) groups excluding carboxylic acids is 1. The first kappa shape index (κ1) is 9.89. The fourth-order valence-corrected chi connectivity index (χ4v) is 2.20. The molecule has 5 heteroatoms. The Hall–Kier alpha value is -2.30. The van der Waals surface area contributed by atoms with E-state index in [2.05, 4.69) is 5.32 Å². The van der Waals surface area contributed by atoms with E-state index >= 15 is 0 Å². The SMILES string of the molecule is O=C1N[C@H](C(=O)O)Cn2c1cc1ccccc12. The zero-order chi connectivity index (χ0) is 12.0. The molecule has 0 aliphatic carbocycles. The Balaban J connectivity index is 2.20. The van der Waals surface area contributed by atoms with E-state index in [1.165, 1.54) is 0 Å². The molecule has 0 spiro atoms. The van der Waals surface area contributed by atoms with E-state index in [-0.39, 0.29) is 12.5 Å². The Bertz CT molecular complexity index is 630. The molecule has 2 heterocycles. The molecule has 0 saturated carbocycles. The summed E-state index contributed by atoms with van der Waals surface area (Å²) in [7, 11) is 0. The van der Waals surface area contributed by atoms with Crippen molar-refractivity contribution in [2.45, 2.75) is 12.6 Å². The maximum atomic E-state index is 11.8. The predicted molar refractivity (Wildman–Crippen MR) is 60.8 cm³/mol. The summed E-state index contributed by atoms with van der Waals surface area (Å²) in [5.41, 5.74) is 1.41. The lowest BCUT2D eigenvalue weighted by molar-refractivity contribution is -0.139. The molecule has 1 aromatic heterocycles. The van der Waals surface area contributed by atoms with Crippen molar-refractivity contribution in [1.82, 2.24) is 9.88 Å². The van der Waals surface area contributed by atoms with Crippen LogP contribution in [-0.4, -0.2) is 27.6 Å². The number of hydrogen-bond donors (Lipinski definition) is 2. The highest BCUT2D eigenvalue weighted by Crippen LogP contribution is 2.22. The minimum absolute atomic E-state index is 0.268. The van der Waals surface area contributed by atoms with Crippen LogP contribution in [0.15, 0.2) is 30.3 Å². The number of benzene rings is 1. The van der Waals surface area contributed by atoms with E-state index in [0.29, 0.717) is 5.69 Å². The van der Waals surface area contributed by atoms with Crippen LogP contribution in [0.25, 0.3) is 10.9 Å². The Kier molecular flexibility index (Phi) is 1.95. The van der Waals surface area contributed by atoms with Gasteiger partial charge >= 0.3 is 5.97 Å². The van der Waals surface area contributed by atoms with Crippen LogP contribution in [-0.2, 0) is 11.3 Å². The van der Waals surface area contributed by atoms with Gasteiger partial charge in [0.1, 0.15) is 11.7 Å². The number of fused-ring (bicyclic) bond motifs is 3. The van der Waals surface area contributed by atoms with Crippen LogP contribution in [0, 0.1) is 0 Å². The van der Waals surface area contributed by atoms with Gasteiger partial charge in [0.15, 0.2) is 0 Å². The van der Waals surface area contributed by atoms with Crippen molar-refractivity contribution in [2.75, 3.05) is 0 Å². The number of aliphatic carboxylic acids is 1. The highest BCUT2D eigenvalue weighted by molar-refractivity contribution is 6.01. The Morgan fingerprint density at radius 1 is 1.41 bits per heavy atom. The first-order chi connectivity index (χ1) is 8.16. The van der Waals surface area contributed by atoms with Crippen molar-refractivity contribution in [3.05, 3.63) is 36.0 Å². The highest BCUT2D eigenvalue weighted by Gasteiger charge is 2.29. The number of rotatable bonds is 1. The molecule has 0 unspecified atom stereocenters. The fourth-order valence-electron chi connectivity index (χ4n) is 2.20. The van der Waals surface area contributed by atoms with Gasteiger partial charge in [0.2, 0.25) is 0 Å². The maximum Gasteiger partial charge on any atom is 0.328 e. The number of carboxylic acids is 1. The third-order valence-corrected chi connectivity index (χ3v) is 3.01. The van der Waals surface area contributed by atoms with E-state index < -0.39 is 12.0 Å². The van der Waals surface area contributed by atoms with E-state index in [9.17, 15) is 9.59 Å². The van der Waals surface area contributed by atoms with Gasteiger partial charge < -0.3 is 15.0 Å². The van der Waals surface area contributed by atoms with Gasteiger partial charge in [-0.2, -0.15) is 0 Å². The summed E-state index contributed by atoms with van der Waals surface area (Å²) in [4.78, 5) is 22.7. The van der Waals surface area contributed by atoms with Gasteiger partial charge in [0.05, 0.1) is 6.54 Å². The number of carboxylic acid groups (broad SMARTS) is 1.